The molecule has 3 nitrogen and oxygen atoms in total. The zero-order valence-electron chi connectivity index (χ0n) is 10.5. The Morgan fingerprint density at radius 1 is 1.33 bits per heavy atom. The monoisotopic (exact) mass is 214 g/mol. The van der Waals surface area contributed by atoms with Gasteiger partial charge in [-0.25, -0.2) is 0 Å². The summed E-state index contributed by atoms with van der Waals surface area (Å²) in [5.41, 5.74) is 6.19. The second kappa shape index (κ2) is 5.83. The highest BCUT2D eigenvalue weighted by molar-refractivity contribution is 4.97. The molecule has 0 spiro atoms. The number of nitrogens with zero attached hydrogens (tertiary/aromatic N) is 1. The molecule has 0 radical (unpaired) electrons. The minimum Gasteiger partial charge on any atom is -0.383 e. The molecule has 2 N–H and O–H groups in total. The number of ether oxygens (including phenoxy) is 1. The number of hydrogen-bond acceptors (Lipinski definition) is 3. The summed E-state index contributed by atoms with van der Waals surface area (Å²) in [6.45, 7) is 7.11. The number of nitrogens with two attached hydrogens (primary N) is 1. The van der Waals surface area contributed by atoms with Crippen molar-refractivity contribution in [1.82, 2.24) is 4.90 Å². The molecule has 0 aliphatic heterocycles. The third-order valence-corrected chi connectivity index (χ3v) is 3.83. The lowest BCUT2D eigenvalue weighted by molar-refractivity contribution is 0.0464. The Labute approximate surface area is 94.0 Å². The van der Waals surface area contributed by atoms with Gasteiger partial charge in [0.2, 0.25) is 0 Å². The fraction of sp³-hybridized carbons (Fsp3) is 1.00. The molecule has 0 aromatic carbocycles. The smallest absolute Gasteiger partial charge is 0.0590 e. The molecule has 0 amide bonds. The average Bonchev–Trinajstić information content (AvgIpc) is 3.09. The Morgan fingerprint density at radius 2 is 1.93 bits per heavy atom. The molecule has 0 heterocycles. The van der Waals surface area contributed by atoms with Crippen molar-refractivity contribution >= 4 is 0 Å². The van der Waals surface area contributed by atoms with E-state index in [0.717, 1.165) is 38.6 Å². The fourth-order valence-electron chi connectivity index (χ4n) is 2.44. The molecule has 15 heavy (non-hydrogen) atoms. The molecule has 0 atom stereocenters. The minimum absolute atomic E-state index is 0.208. The van der Waals surface area contributed by atoms with Crippen LogP contribution < -0.4 is 5.73 Å². The van der Waals surface area contributed by atoms with Crippen LogP contribution in [0.5, 0.6) is 0 Å². The van der Waals surface area contributed by atoms with Crippen LogP contribution in [-0.4, -0.2) is 43.3 Å². The van der Waals surface area contributed by atoms with Gasteiger partial charge in [-0.3, -0.25) is 4.90 Å². The third kappa shape index (κ3) is 2.92. The van der Waals surface area contributed by atoms with Gasteiger partial charge in [0.1, 0.15) is 0 Å². The lowest BCUT2D eigenvalue weighted by atomic mass is 9.90. The molecule has 1 fully saturated rings. The molecule has 0 unspecified atom stereocenters. The SMILES string of the molecule is CCC(CC)(CN)N(CCOC)C1CC1. The highest BCUT2D eigenvalue weighted by Crippen LogP contribution is 2.35. The van der Waals surface area contributed by atoms with E-state index in [1.165, 1.54) is 12.8 Å². The predicted octanol–water partition coefficient (Wildman–Crippen LogP) is 1.61. The Hall–Kier alpha value is -0.120. The molecule has 0 aromatic rings. The van der Waals surface area contributed by atoms with E-state index in [0.29, 0.717) is 0 Å². The van der Waals surface area contributed by atoms with Crippen molar-refractivity contribution in [3.05, 3.63) is 0 Å². The summed E-state index contributed by atoms with van der Waals surface area (Å²) >= 11 is 0. The van der Waals surface area contributed by atoms with Crippen molar-refractivity contribution in [3.63, 3.8) is 0 Å². The molecular weight excluding hydrogens is 188 g/mol. The normalized spacial score (nSPS) is 17.4. The van der Waals surface area contributed by atoms with Crippen molar-refractivity contribution < 1.29 is 4.74 Å². The summed E-state index contributed by atoms with van der Waals surface area (Å²) in [6.07, 6.45) is 4.96. The first kappa shape index (κ1) is 12.9. The molecule has 3 heteroatoms. The highest BCUT2D eigenvalue weighted by atomic mass is 16.5. The van der Waals surface area contributed by atoms with E-state index in [4.69, 9.17) is 10.5 Å². The Bertz CT molecular complexity index is 168. The maximum Gasteiger partial charge on any atom is 0.0590 e. The van der Waals surface area contributed by atoms with Crippen LogP contribution in [0.2, 0.25) is 0 Å². The van der Waals surface area contributed by atoms with Crippen molar-refractivity contribution in [2.45, 2.75) is 51.1 Å². The van der Waals surface area contributed by atoms with Crippen LogP contribution in [0.25, 0.3) is 0 Å². The van der Waals surface area contributed by atoms with Crippen molar-refractivity contribution in [3.8, 4) is 0 Å². The van der Waals surface area contributed by atoms with Gasteiger partial charge in [0, 0.05) is 31.8 Å². The number of methoxy groups -OCH3 is 1. The van der Waals surface area contributed by atoms with Crippen LogP contribution in [0, 0.1) is 0 Å². The summed E-state index contributed by atoms with van der Waals surface area (Å²) < 4.78 is 5.20. The topological polar surface area (TPSA) is 38.5 Å². The van der Waals surface area contributed by atoms with E-state index < -0.39 is 0 Å². The van der Waals surface area contributed by atoms with Crippen LogP contribution >= 0.6 is 0 Å². The largest absolute Gasteiger partial charge is 0.383 e. The fourth-order valence-corrected chi connectivity index (χ4v) is 2.44. The molecule has 1 saturated carbocycles. The zero-order chi connectivity index (χ0) is 11.3. The van der Waals surface area contributed by atoms with Crippen LogP contribution in [0.3, 0.4) is 0 Å². The molecule has 0 bridgehead atoms. The van der Waals surface area contributed by atoms with Gasteiger partial charge in [-0.2, -0.15) is 0 Å². The van der Waals surface area contributed by atoms with Gasteiger partial charge in [0.25, 0.3) is 0 Å². The maximum absolute atomic E-state index is 5.98. The summed E-state index contributed by atoms with van der Waals surface area (Å²) in [4.78, 5) is 2.59. The summed E-state index contributed by atoms with van der Waals surface area (Å²) in [5.74, 6) is 0. The van der Waals surface area contributed by atoms with Gasteiger partial charge in [0.15, 0.2) is 0 Å². The first-order valence-corrected chi connectivity index (χ1v) is 6.19. The van der Waals surface area contributed by atoms with Crippen LogP contribution in [-0.2, 0) is 4.74 Å². The van der Waals surface area contributed by atoms with Crippen LogP contribution in [0.1, 0.15) is 39.5 Å². The first-order chi connectivity index (χ1) is 7.24. The quantitative estimate of drug-likeness (QED) is 0.667. The molecule has 1 aliphatic carbocycles. The standard InChI is InChI=1S/C12H26N2O/c1-4-12(5-2,10-13)14(8-9-15-3)11-6-7-11/h11H,4-10,13H2,1-3H3. The lowest BCUT2D eigenvalue weighted by Crippen LogP contribution is -2.55. The van der Waals surface area contributed by atoms with Gasteiger partial charge < -0.3 is 10.5 Å². The maximum atomic E-state index is 5.98. The predicted molar refractivity (Wildman–Crippen MR) is 64.0 cm³/mol. The van der Waals surface area contributed by atoms with E-state index >= 15 is 0 Å². The van der Waals surface area contributed by atoms with Crippen molar-refractivity contribution in [2.24, 2.45) is 5.73 Å². The van der Waals surface area contributed by atoms with Gasteiger partial charge in [-0.05, 0) is 25.7 Å². The Balaban J connectivity index is 2.65. The average molecular weight is 214 g/mol. The molecule has 1 aliphatic rings. The Kier molecular flexibility index (Phi) is 5.03. The molecule has 0 saturated heterocycles. The minimum atomic E-state index is 0.208. The molecule has 90 valence electrons. The zero-order valence-corrected chi connectivity index (χ0v) is 10.5. The molecular formula is C12H26N2O. The number of hydrogen-bond donors (Lipinski definition) is 1. The lowest BCUT2D eigenvalue weighted by Gasteiger charge is -2.43. The summed E-state index contributed by atoms with van der Waals surface area (Å²) in [7, 11) is 1.77. The van der Waals surface area contributed by atoms with Gasteiger partial charge in [0.05, 0.1) is 6.61 Å². The third-order valence-electron chi connectivity index (χ3n) is 3.83. The highest BCUT2D eigenvalue weighted by Gasteiger charge is 2.40. The van der Waals surface area contributed by atoms with Gasteiger partial charge in [-0.15, -0.1) is 0 Å². The summed E-state index contributed by atoms with van der Waals surface area (Å²) in [5, 5.41) is 0. The molecule has 1 rings (SSSR count). The van der Waals surface area contributed by atoms with E-state index in [2.05, 4.69) is 18.7 Å². The molecule has 0 aromatic heterocycles. The van der Waals surface area contributed by atoms with E-state index in [1.807, 2.05) is 0 Å². The van der Waals surface area contributed by atoms with Gasteiger partial charge >= 0.3 is 0 Å². The number of rotatable bonds is 8. The Morgan fingerprint density at radius 3 is 2.27 bits per heavy atom. The second-order valence-electron chi connectivity index (χ2n) is 4.55. The van der Waals surface area contributed by atoms with Crippen LogP contribution in [0.4, 0.5) is 0 Å². The van der Waals surface area contributed by atoms with Crippen LogP contribution in [0.15, 0.2) is 0 Å². The summed E-state index contributed by atoms with van der Waals surface area (Å²) in [6, 6.07) is 0.767. The van der Waals surface area contributed by atoms with E-state index in [-0.39, 0.29) is 5.54 Å². The van der Waals surface area contributed by atoms with Crippen molar-refractivity contribution in [1.29, 1.82) is 0 Å². The van der Waals surface area contributed by atoms with E-state index in [9.17, 15) is 0 Å². The van der Waals surface area contributed by atoms with Gasteiger partial charge in [-0.1, -0.05) is 13.8 Å². The van der Waals surface area contributed by atoms with E-state index in [1.54, 1.807) is 7.11 Å². The first-order valence-electron chi connectivity index (χ1n) is 6.19. The second-order valence-corrected chi connectivity index (χ2v) is 4.55. The van der Waals surface area contributed by atoms with Crippen molar-refractivity contribution in [2.75, 3.05) is 26.8 Å².